The molecule has 1 amide bonds. The Morgan fingerprint density at radius 3 is 2.69 bits per heavy atom. The second-order valence-electron chi connectivity index (χ2n) is 4.13. The van der Waals surface area contributed by atoms with Gasteiger partial charge in [0, 0.05) is 0 Å². The molecule has 0 aliphatic rings. The first-order valence-corrected chi connectivity index (χ1v) is 4.86. The summed E-state index contributed by atoms with van der Waals surface area (Å²) in [4.78, 5) is 11.7. The first kappa shape index (κ1) is 12.2. The van der Waals surface area contributed by atoms with Crippen molar-refractivity contribution >= 4 is 5.91 Å². The van der Waals surface area contributed by atoms with E-state index in [0.717, 1.165) is 0 Å². The summed E-state index contributed by atoms with van der Waals surface area (Å²) in [6, 6.07) is 6.50. The highest BCUT2D eigenvalue weighted by atomic mass is 19.1. The number of hydrogen-bond donors (Lipinski definition) is 1. The zero-order chi connectivity index (χ0) is 12.3. The molecule has 1 N–H and O–H groups in total. The zero-order valence-electron chi connectivity index (χ0n) is 9.47. The number of halogens is 1. The predicted molar refractivity (Wildman–Crippen MR) is 58.3 cm³/mol. The van der Waals surface area contributed by atoms with Crippen LogP contribution in [0.25, 0.3) is 0 Å². The molecule has 1 rings (SSSR count). The Labute approximate surface area is 93.9 Å². The molecule has 3 nitrogen and oxygen atoms in total. The molecule has 1 aromatic rings. The number of carbonyl (C=O) groups is 1. The van der Waals surface area contributed by atoms with Crippen LogP contribution in [-0.2, 0) is 0 Å². The van der Waals surface area contributed by atoms with Crippen molar-refractivity contribution in [3.63, 3.8) is 0 Å². The number of benzene rings is 1. The van der Waals surface area contributed by atoms with E-state index in [2.05, 4.69) is 5.32 Å². The maximum atomic E-state index is 13.6. The van der Waals surface area contributed by atoms with Gasteiger partial charge in [-0.1, -0.05) is 12.1 Å². The van der Waals surface area contributed by atoms with Gasteiger partial charge in [-0.3, -0.25) is 4.79 Å². The van der Waals surface area contributed by atoms with E-state index in [-0.39, 0.29) is 5.56 Å². The average molecular weight is 220 g/mol. The molecule has 0 aliphatic heterocycles. The van der Waals surface area contributed by atoms with Gasteiger partial charge in [-0.2, -0.15) is 5.26 Å². The minimum Gasteiger partial charge on any atom is -0.334 e. The van der Waals surface area contributed by atoms with Gasteiger partial charge in [0.2, 0.25) is 0 Å². The summed E-state index contributed by atoms with van der Waals surface area (Å²) >= 11 is 0. The lowest BCUT2D eigenvalue weighted by Gasteiger charge is -2.17. The fraction of sp³-hybridized carbons (Fsp3) is 0.333. The van der Waals surface area contributed by atoms with Crippen LogP contribution in [0.1, 0.15) is 29.8 Å². The monoisotopic (exact) mass is 220 g/mol. The molecule has 0 unspecified atom stereocenters. The van der Waals surface area contributed by atoms with E-state index in [1.54, 1.807) is 32.9 Å². The fourth-order valence-electron chi connectivity index (χ4n) is 1.20. The predicted octanol–water partition coefficient (Wildman–Crippen LogP) is 2.17. The molecule has 0 fully saturated rings. The molecule has 0 radical (unpaired) electrons. The van der Waals surface area contributed by atoms with E-state index >= 15 is 0 Å². The minimum absolute atomic E-state index is 0.0386. The van der Waals surface area contributed by atoms with Crippen LogP contribution in [0, 0.1) is 24.1 Å². The van der Waals surface area contributed by atoms with E-state index in [1.165, 1.54) is 6.07 Å². The quantitative estimate of drug-likeness (QED) is 0.830. The molecule has 84 valence electrons. The van der Waals surface area contributed by atoms with Crippen molar-refractivity contribution in [1.29, 1.82) is 5.26 Å². The Hall–Kier alpha value is -1.89. The fourth-order valence-corrected chi connectivity index (χ4v) is 1.20. The summed E-state index contributed by atoms with van der Waals surface area (Å²) in [6.07, 6.45) is 0. The highest BCUT2D eigenvalue weighted by Crippen LogP contribution is 2.13. The van der Waals surface area contributed by atoms with Gasteiger partial charge in [-0.25, -0.2) is 4.39 Å². The third kappa shape index (κ3) is 2.57. The van der Waals surface area contributed by atoms with Gasteiger partial charge in [0.1, 0.15) is 11.4 Å². The molecule has 0 spiro atoms. The first-order chi connectivity index (χ1) is 7.37. The maximum absolute atomic E-state index is 13.6. The van der Waals surface area contributed by atoms with E-state index in [4.69, 9.17) is 5.26 Å². The summed E-state index contributed by atoms with van der Waals surface area (Å²) < 4.78 is 13.6. The largest absolute Gasteiger partial charge is 0.334 e. The normalized spacial score (nSPS) is 10.7. The van der Waals surface area contributed by atoms with E-state index in [0.29, 0.717) is 5.56 Å². The number of rotatable bonds is 2. The van der Waals surface area contributed by atoms with Crippen LogP contribution in [0.2, 0.25) is 0 Å². The maximum Gasteiger partial charge on any atom is 0.255 e. The average Bonchev–Trinajstić information content (AvgIpc) is 2.21. The molecule has 0 saturated heterocycles. The number of aryl methyl sites for hydroxylation is 1. The Bertz CT molecular complexity index is 461. The van der Waals surface area contributed by atoms with Crippen LogP contribution in [0.15, 0.2) is 18.2 Å². The smallest absolute Gasteiger partial charge is 0.255 e. The van der Waals surface area contributed by atoms with Gasteiger partial charge in [-0.05, 0) is 32.4 Å². The summed E-state index contributed by atoms with van der Waals surface area (Å²) in [5.74, 6) is -1.12. The first-order valence-electron chi connectivity index (χ1n) is 4.86. The second-order valence-corrected chi connectivity index (χ2v) is 4.13. The van der Waals surface area contributed by atoms with Gasteiger partial charge < -0.3 is 5.32 Å². The Balaban J connectivity index is 2.99. The van der Waals surface area contributed by atoms with Crippen molar-refractivity contribution in [3.8, 4) is 6.07 Å². The number of carbonyl (C=O) groups excluding carboxylic acids is 1. The van der Waals surface area contributed by atoms with Gasteiger partial charge in [0.25, 0.3) is 5.91 Å². The van der Waals surface area contributed by atoms with Crippen LogP contribution in [0.3, 0.4) is 0 Å². The lowest BCUT2D eigenvalue weighted by atomic mass is 10.1. The molecule has 1 aromatic carbocycles. The number of nitrogens with zero attached hydrogens (tertiary/aromatic N) is 1. The van der Waals surface area contributed by atoms with Gasteiger partial charge in [0.05, 0.1) is 11.6 Å². The van der Waals surface area contributed by atoms with Gasteiger partial charge in [-0.15, -0.1) is 0 Å². The number of amides is 1. The van der Waals surface area contributed by atoms with Crippen molar-refractivity contribution in [2.75, 3.05) is 0 Å². The SMILES string of the molecule is Cc1cccc(C(=O)NC(C)(C)C#N)c1F. The summed E-state index contributed by atoms with van der Waals surface area (Å²) in [6.45, 7) is 4.69. The molecule has 0 atom stereocenters. The van der Waals surface area contributed by atoms with Crippen molar-refractivity contribution in [2.24, 2.45) is 0 Å². The van der Waals surface area contributed by atoms with Crippen molar-refractivity contribution in [2.45, 2.75) is 26.3 Å². The third-order valence-corrected chi connectivity index (χ3v) is 2.14. The topological polar surface area (TPSA) is 52.9 Å². The van der Waals surface area contributed by atoms with Crippen LogP contribution in [-0.4, -0.2) is 11.4 Å². The highest BCUT2D eigenvalue weighted by molar-refractivity contribution is 5.95. The van der Waals surface area contributed by atoms with Crippen LogP contribution in [0.4, 0.5) is 4.39 Å². The van der Waals surface area contributed by atoms with Crippen LogP contribution in [0.5, 0.6) is 0 Å². The van der Waals surface area contributed by atoms with Crippen molar-refractivity contribution in [3.05, 3.63) is 35.1 Å². The Kier molecular flexibility index (Phi) is 3.28. The molecule has 0 bridgehead atoms. The van der Waals surface area contributed by atoms with E-state index < -0.39 is 17.3 Å². The van der Waals surface area contributed by atoms with Crippen molar-refractivity contribution in [1.82, 2.24) is 5.32 Å². The summed E-state index contributed by atoms with van der Waals surface area (Å²) in [5.41, 5.74) is -0.640. The molecule has 0 aliphatic carbocycles. The zero-order valence-corrected chi connectivity index (χ0v) is 9.47. The van der Waals surface area contributed by atoms with Crippen LogP contribution >= 0.6 is 0 Å². The lowest BCUT2D eigenvalue weighted by molar-refractivity contribution is 0.0925. The lowest BCUT2D eigenvalue weighted by Crippen LogP contribution is -2.42. The highest BCUT2D eigenvalue weighted by Gasteiger charge is 2.22. The number of hydrogen-bond acceptors (Lipinski definition) is 2. The van der Waals surface area contributed by atoms with Gasteiger partial charge in [0.15, 0.2) is 0 Å². The summed E-state index contributed by atoms with van der Waals surface area (Å²) in [7, 11) is 0. The molecular formula is C12H13FN2O. The number of nitriles is 1. The molecule has 4 heteroatoms. The standard InChI is InChI=1S/C12H13FN2O/c1-8-5-4-6-9(10(8)13)11(16)15-12(2,3)7-14/h4-6H,1-3H3,(H,15,16). The molecule has 16 heavy (non-hydrogen) atoms. The summed E-state index contributed by atoms with van der Waals surface area (Å²) in [5, 5.41) is 11.2. The third-order valence-electron chi connectivity index (χ3n) is 2.14. The Morgan fingerprint density at radius 2 is 2.12 bits per heavy atom. The molecule has 0 heterocycles. The minimum atomic E-state index is -1.01. The molecule has 0 saturated carbocycles. The van der Waals surface area contributed by atoms with Gasteiger partial charge >= 0.3 is 0 Å². The van der Waals surface area contributed by atoms with Crippen molar-refractivity contribution < 1.29 is 9.18 Å². The molecular weight excluding hydrogens is 207 g/mol. The van der Waals surface area contributed by atoms with E-state index in [9.17, 15) is 9.18 Å². The second kappa shape index (κ2) is 4.31. The molecule has 0 aromatic heterocycles. The number of nitrogens with one attached hydrogen (secondary N) is 1. The Morgan fingerprint density at radius 1 is 1.50 bits per heavy atom. The van der Waals surface area contributed by atoms with E-state index in [1.807, 2.05) is 6.07 Å². The van der Waals surface area contributed by atoms with Crippen LogP contribution < -0.4 is 5.32 Å².